The predicted octanol–water partition coefficient (Wildman–Crippen LogP) is 3.36. The van der Waals surface area contributed by atoms with Crippen LogP contribution in [0.5, 0.6) is 11.5 Å². The summed E-state index contributed by atoms with van der Waals surface area (Å²) in [5.74, 6) is -1.09. The van der Waals surface area contributed by atoms with Gasteiger partial charge in [0, 0.05) is 25.8 Å². The highest BCUT2D eigenvalue weighted by molar-refractivity contribution is 5.77. The van der Waals surface area contributed by atoms with Gasteiger partial charge in [-0.3, -0.25) is 19.2 Å². The molecule has 0 aromatic heterocycles. The van der Waals surface area contributed by atoms with Crippen molar-refractivity contribution in [2.45, 2.75) is 78.9 Å². The van der Waals surface area contributed by atoms with Crippen LogP contribution in [-0.2, 0) is 35.1 Å². The van der Waals surface area contributed by atoms with E-state index >= 15 is 0 Å². The number of benzene rings is 1. The maximum absolute atomic E-state index is 12.3. The average Bonchev–Trinajstić information content (AvgIpc) is 2.80. The molecule has 190 valence electrons. The van der Waals surface area contributed by atoms with Crippen LogP contribution in [0.15, 0.2) is 18.2 Å². The molecule has 0 amide bonds. The van der Waals surface area contributed by atoms with Gasteiger partial charge in [-0.05, 0) is 43.4 Å². The molecule has 34 heavy (non-hydrogen) atoms. The third kappa shape index (κ3) is 10.8. The van der Waals surface area contributed by atoms with E-state index in [-0.39, 0.29) is 43.3 Å². The number of esters is 4. The number of nitrogens with one attached hydrogen (secondary N) is 1. The van der Waals surface area contributed by atoms with E-state index in [9.17, 15) is 19.2 Å². The molecule has 1 aromatic rings. The molecule has 0 heterocycles. The van der Waals surface area contributed by atoms with Gasteiger partial charge in [-0.25, -0.2) is 0 Å². The summed E-state index contributed by atoms with van der Waals surface area (Å²) in [6.07, 6.45) is 1.17. The van der Waals surface area contributed by atoms with E-state index in [2.05, 4.69) is 5.32 Å². The van der Waals surface area contributed by atoms with Crippen LogP contribution in [0.3, 0.4) is 0 Å². The molecule has 9 heteroatoms. The smallest absolute Gasteiger partial charge is 0.323 e. The average molecular weight is 480 g/mol. The zero-order valence-electron chi connectivity index (χ0n) is 21.0. The molecular formula is C25H37NO8. The van der Waals surface area contributed by atoms with Crippen LogP contribution in [0.25, 0.3) is 0 Å². The quantitative estimate of drug-likeness (QED) is 0.316. The van der Waals surface area contributed by atoms with Gasteiger partial charge in [0.1, 0.15) is 12.1 Å². The van der Waals surface area contributed by atoms with Crippen molar-refractivity contribution in [3.63, 3.8) is 0 Å². The molecule has 9 nitrogen and oxygen atoms in total. The molecule has 1 rings (SSSR count). The van der Waals surface area contributed by atoms with Crippen molar-refractivity contribution in [1.82, 2.24) is 5.32 Å². The van der Waals surface area contributed by atoms with Gasteiger partial charge in [-0.2, -0.15) is 0 Å². The van der Waals surface area contributed by atoms with Crippen LogP contribution >= 0.6 is 0 Å². The Balaban J connectivity index is 2.90. The summed E-state index contributed by atoms with van der Waals surface area (Å²) in [5.41, 5.74) is 0.652. The number of hydrogen-bond donors (Lipinski definition) is 1. The van der Waals surface area contributed by atoms with Gasteiger partial charge in [0.15, 0.2) is 11.5 Å². The molecular weight excluding hydrogens is 442 g/mol. The Hall–Kier alpha value is -2.94. The minimum atomic E-state index is -0.736. The van der Waals surface area contributed by atoms with Crippen LogP contribution < -0.4 is 14.8 Å². The van der Waals surface area contributed by atoms with E-state index in [1.54, 1.807) is 32.9 Å². The molecule has 0 aliphatic rings. The van der Waals surface area contributed by atoms with Crippen molar-refractivity contribution in [3.8, 4) is 11.5 Å². The van der Waals surface area contributed by atoms with Crippen molar-refractivity contribution in [1.29, 1.82) is 0 Å². The fourth-order valence-electron chi connectivity index (χ4n) is 2.89. The van der Waals surface area contributed by atoms with Crippen LogP contribution in [0.2, 0.25) is 0 Å². The SMILES string of the molecule is CCC(=O)Oc1ccc(C[C@H](NCC(C)OC(=O)CCC(C)C)C(=O)OC)cc1OC(=O)CC. The zero-order valence-corrected chi connectivity index (χ0v) is 21.0. The Bertz CT molecular complexity index is 836. The second kappa shape index (κ2) is 15.1. The van der Waals surface area contributed by atoms with E-state index in [1.807, 2.05) is 13.8 Å². The Kier molecular flexibility index (Phi) is 12.9. The molecule has 0 saturated carbocycles. The number of ether oxygens (including phenoxy) is 4. The summed E-state index contributed by atoms with van der Waals surface area (Å²) in [4.78, 5) is 47.8. The molecule has 0 aliphatic heterocycles. The molecule has 1 N–H and O–H groups in total. The predicted molar refractivity (Wildman–Crippen MR) is 125 cm³/mol. The molecule has 0 aliphatic carbocycles. The maximum atomic E-state index is 12.3. The number of rotatable bonds is 14. The van der Waals surface area contributed by atoms with Crippen molar-refractivity contribution in [3.05, 3.63) is 23.8 Å². The van der Waals surface area contributed by atoms with Crippen molar-refractivity contribution >= 4 is 23.9 Å². The second-order valence-electron chi connectivity index (χ2n) is 8.36. The molecule has 0 spiro atoms. The Morgan fingerprint density at radius 3 is 2.09 bits per heavy atom. The van der Waals surface area contributed by atoms with Gasteiger partial charge >= 0.3 is 23.9 Å². The highest BCUT2D eigenvalue weighted by Crippen LogP contribution is 2.30. The minimum Gasteiger partial charge on any atom is -0.468 e. The third-order valence-electron chi connectivity index (χ3n) is 4.87. The lowest BCUT2D eigenvalue weighted by atomic mass is 10.0. The first-order valence-corrected chi connectivity index (χ1v) is 11.6. The molecule has 1 aromatic carbocycles. The first-order chi connectivity index (χ1) is 16.1. The molecule has 0 saturated heterocycles. The van der Waals surface area contributed by atoms with Crippen LogP contribution in [0.4, 0.5) is 0 Å². The summed E-state index contributed by atoms with van der Waals surface area (Å²) >= 11 is 0. The standard InChI is InChI=1S/C25H37NO8/c1-7-22(27)33-20-11-10-18(14-21(20)34-23(28)8-2)13-19(25(30)31-6)26-15-17(5)32-24(29)12-9-16(3)4/h10-11,14,16-17,19,26H,7-9,12-13,15H2,1-6H3/t17?,19-/m0/s1. The van der Waals surface area contributed by atoms with Crippen LogP contribution in [-0.4, -0.2) is 49.7 Å². The lowest BCUT2D eigenvalue weighted by Crippen LogP contribution is -2.43. The van der Waals surface area contributed by atoms with Gasteiger partial charge < -0.3 is 24.3 Å². The largest absolute Gasteiger partial charge is 0.468 e. The molecule has 1 unspecified atom stereocenters. The van der Waals surface area contributed by atoms with Crippen molar-refractivity contribution in [2.24, 2.45) is 5.92 Å². The Morgan fingerprint density at radius 1 is 0.912 bits per heavy atom. The maximum Gasteiger partial charge on any atom is 0.323 e. The van der Waals surface area contributed by atoms with E-state index in [1.165, 1.54) is 13.2 Å². The van der Waals surface area contributed by atoms with Gasteiger partial charge in [0.2, 0.25) is 0 Å². The number of hydrogen-bond acceptors (Lipinski definition) is 9. The normalized spacial score (nSPS) is 12.6. The van der Waals surface area contributed by atoms with E-state index in [0.717, 1.165) is 6.42 Å². The highest BCUT2D eigenvalue weighted by Gasteiger charge is 2.22. The zero-order chi connectivity index (χ0) is 25.7. The topological polar surface area (TPSA) is 117 Å². The van der Waals surface area contributed by atoms with Gasteiger partial charge in [-0.1, -0.05) is 33.8 Å². The van der Waals surface area contributed by atoms with Gasteiger partial charge in [0.25, 0.3) is 0 Å². The van der Waals surface area contributed by atoms with Gasteiger partial charge in [0.05, 0.1) is 7.11 Å². The van der Waals surface area contributed by atoms with Crippen molar-refractivity contribution < 1.29 is 38.1 Å². The lowest BCUT2D eigenvalue weighted by molar-refractivity contribution is -0.148. The van der Waals surface area contributed by atoms with E-state index in [0.29, 0.717) is 17.9 Å². The first-order valence-electron chi connectivity index (χ1n) is 11.6. The summed E-state index contributed by atoms with van der Waals surface area (Å²) in [5, 5.41) is 3.07. The fourth-order valence-corrected chi connectivity index (χ4v) is 2.89. The molecule has 0 fully saturated rings. The monoisotopic (exact) mass is 479 g/mol. The second-order valence-corrected chi connectivity index (χ2v) is 8.36. The summed E-state index contributed by atoms with van der Waals surface area (Å²) in [7, 11) is 1.29. The number of carbonyl (C=O) groups is 4. The summed E-state index contributed by atoms with van der Waals surface area (Å²) in [6.45, 7) is 9.37. The molecule has 0 bridgehead atoms. The number of methoxy groups -OCH3 is 1. The van der Waals surface area contributed by atoms with Crippen LogP contribution in [0, 0.1) is 5.92 Å². The summed E-state index contributed by atoms with van der Waals surface area (Å²) < 4.78 is 20.9. The van der Waals surface area contributed by atoms with E-state index < -0.39 is 30.1 Å². The van der Waals surface area contributed by atoms with Crippen LogP contribution in [0.1, 0.15) is 65.9 Å². The number of carbonyl (C=O) groups excluding carboxylic acids is 4. The Labute approximate surface area is 201 Å². The first kappa shape index (κ1) is 29.1. The lowest BCUT2D eigenvalue weighted by Gasteiger charge is -2.20. The minimum absolute atomic E-state index is 0.0993. The highest BCUT2D eigenvalue weighted by atomic mass is 16.6. The van der Waals surface area contributed by atoms with Crippen molar-refractivity contribution in [2.75, 3.05) is 13.7 Å². The Morgan fingerprint density at radius 2 is 1.53 bits per heavy atom. The summed E-state index contributed by atoms with van der Waals surface area (Å²) in [6, 6.07) is 4.02. The molecule has 2 atom stereocenters. The van der Waals surface area contributed by atoms with Gasteiger partial charge in [-0.15, -0.1) is 0 Å². The molecule has 0 radical (unpaired) electrons. The third-order valence-corrected chi connectivity index (χ3v) is 4.87. The van der Waals surface area contributed by atoms with E-state index in [4.69, 9.17) is 18.9 Å². The fraction of sp³-hybridized carbons (Fsp3) is 0.600.